The van der Waals surface area contributed by atoms with E-state index in [0.29, 0.717) is 25.0 Å². The Bertz CT molecular complexity index is 1670. The zero-order valence-corrected chi connectivity index (χ0v) is 26.4. The van der Waals surface area contributed by atoms with Gasteiger partial charge in [0, 0.05) is 47.3 Å². The van der Waals surface area contributed by atoms with Crippen LogP contribution in [-0.2, 0) is 23.2 Å². The number of hydrogen-bond donors (Lipinski definition) is 2. The third-order valence-electron chi connectivity index (χ3n) is 8.18. The van der Waals surface area contributed by atoms with E-state index in [1.807, 2.05) is 19.1 Å². The number of aromatic nitrogens is 5. The summed E-state index contributed by atoms with van der Waals surface area (Å²) in [6.07, 6.45) is 2.16. The molecule has 5 rings (SSSR count). The van der Waals surface area contributed by atoms with Gasteiger partial charge >= 0.3 is 12.2 Å². The number of aryl methyl sites for hydroxylation is 1. The number of hydrogen-bond acceptors (Lipinski definition) is 6. The fraction of sp³-hybridized carbons (Fsp3) is 0.433. The molecule has 1 saturated heterocycles. The molecule has 1 fully saturated rings. The molecule has 2 amide bonds. The number of nitrogens with zero attached hydrogens (tertiary/aromatic N) is 7. The van der Waals surface area contributed by atoms with E-state index in [9.17, 15) is 19.8 Å². The van der Waals surface area contributed by atoms with E-state index in [4.69, 9.17) is 9.72 Å². The predicted octanol–water partition coefficient (Wildman–Crippen LogP) is 6.47. The molecule has 1 aromatic carbocycles. The third-order valence-corrected chi connectivity index (χ3v) is 8.67. The predicted molar refractivity (Wildman–Crippen MR) is 164 cm³/mol. The van der Waals surface area contributed by atoms with Crippen LogP contribution in [0.15, 0.2) is 47.2 Å². The molecule has 3 aromatic heterocycles. The monoisotopic (exact) mass is 653 g/mol. The number of ether oxygens (including phenoxy) is 1. The summed E-state index contributed by atoms with van der Waals surface area (Å²) in [6.45, 7) is 9.07. The first-order valence-corrected chi connectivity index (χ1v) is 15.0. The third kappa shape index (κ3) is 5.58. The van der Waals surface area contributed by atoms with Crippen LogP contribution in [0.3, 0.4) is 0 Å². The van der Waals surface area contributed by atoms with Crippen LogP contribution in [0.2, 0.25) is 0 Å². The van der Waals surface area contributed by atoms with Gasteiger partial charge in [-0.15, -0.1) is 5.10 Å². The normalized spacial score (nSPS) is 16.6. The lowest BCUT2D eigenvalue weighted by Gasteiger charge is -2.39. The summed E-state index contributed by atoms with van der Waals surface area (Å²) in [7, 11) is 1.68. The molecular weight excluding hydrogens is 618 g/mol. The number of amides is 2. The number of benzene rings is 1. The molecule has 2 N–H and O–H groups in total. The fourth-order valence-electron chi connectivity index (χ4n) is 6.03. The molecule has 0 saturated carbocycles. The maximum atomic E-state index is 12.1. The van der Waals surface area contributed by atoms with Crippen molar-refractivity contribution in [1.82, 2.24) is 34.6 Å². The van der Waals surface area contributed by atoms with Gasteiger partial charge in [-0.2, -0.15) is 0 Å². The van der Waals surface area contributed by atoms with Crippen molar-refractivity contribution >= 4 is 39.0 Å². The zero-order valence-electron chi connectivity index (χ0n) is 24.9. The fourth-order valence-corrected chi connectivity index (χ4v) is 6.40. The van der Waals surface area contributed by atoms with E-state index in [-0.39, 0.29) is 12.6 Å². The quantitative estimate of drug-likeness (QED) is 0.220. The lowest BCUT2D eigenvalue weighted by Crippen LogP contribution is -2.53. The molecule has 4 heterocycles. The van der Waals surface area contributed by atoms with E-state index < -0.39 is 23.8 Å². The Morgan fingerprint density at radius 3 is 2.65 bits per heavy atom. The standard InChI is InChI=1S/C30H36BrN7O5/c1-6-35-24-12-11-19(31)15-21(24)22(27(35)20-9-7-13-32-26(20)18(2)43-5)16-30(3,4)37-17-23(33-34-37)25-10-8-14-36(28(39)40)38(25)29(41)42/h7,9,11-13,15,17-18,25H,6,8,10,14,16H2,1-5H3,(H,39,40)(H,41,42)/t18-,25?/m0/s1. The minimum absolute atomic E-state index is 0.107. The van der Waals surface area contributed by atoms with Gasteiger partial charge in [-0.25, -0.2) is 24.3 Å². The van der Waals surface area contributed by atoms with Crippen LogP contribution >= 0.6 is 15.9 Å². The van der Waals surface area contributed by atoms with Gasteiger partial charge in [0.05, 0.1) is 29.2 Å². The minimum atomic E-state index is -1.35. The van der Waals surface area contributed by atoms with Crippen molar-refractivity contribution in [3.63, 3.8) is 0 Å². The summed E-state index contributed by atoms with van der Waals surface area (Å²) < 4.78 is 10.7. The van der Waals surface area contributed by atoms with Gasteiger partial charge in [0.1, 0.15) is 11.7 Å². The van der Waals surface area contributed by atoms with Crippen LogP contribution < -0.4 is 0 Å². The summed E-state index contributed by atoms with van der Waals surface area (Å²) in [5.41, 5.74) is 4.90. The van der Waals surface area contributed by atoms with Gasteiger partial charge in [0.15, 0.2) is 0 Å². The van der Waals surface area contributed by atoms with Gasteiger partial charge in [-0.1, -0.05) is 21.1 Å². The number of fused-ring (bicyclic) bond motifs is 1. The molecule has 43 heavy (non-hydrogen) atoms. The Morgan fingerprint density at radius 1 is 1.21 bits per heavy atom. The van der Waals surface area contributed by atoms with Crippen LogP contribution in [-0.4, -0.2) is 70.6 Å². The Morgan fingerprint density at radius 2 is 1.98 bits per heavy atom. The second kappa shape index (κ2) is 12.0. The maximum Gasteiger partial charge on any atom is 0.427 e. The average molecular weight is 655 g/mol. The van der Waals surface area contributed by atoms with Crippen molar-refractivity contribution in [3.8, 4) is 11.3 Å². The number of rotatable bonds is 8. The van der Waals surface area contributed by atoms with Crippen molar-refractivity contribution in [3.05, 3.63) is 64.1 Å². The van der Waals surface area contributed by atoms with Gasteiger partial charge in [-0.05, 0) is 82.9 Å². The molecule has 0 spiro atoms. The van der Waals surface area contributed by atoms with Crippen molar-refractivity contribution in [2.24, 2.45) is 0 Å². The van der Waals surface area contributed by atoms with E-state index in [1.54, 1.807) is 24.2 Å². The minimum Gasteiger partial charge on any atom is -0.464 e. The van der Waals surface area contributed by atoms with Crippen LogP contribution in [0.5, 0.6) is 0 Å². The summed E-state index contributed by atoms with van der Waals surface area (Å²) in [5, 5.41) is 31.0. The first-order valence-electron chi connectivity index (χ1n) is 14.2. The highest BCUT2D eigenvalue weighted by Gasteiger charge is 2.39. The molecule has 2 atom stereocenters. The molecule has 12 nitrogen and oxygen atoms in total. The Labute approximate surface area is 258 Å². The van der Waals surface area contributed by atoms with Crippen molar-refractivity contribution < 1.29 is 24.5 Å². The topological polar surface area (TPSA) is 139 Å². The van der Waals surface area contributed by atoms with Gasteiger partial charge in [0.2, 0.25) is 0 Å². The molecule has 4 aromatic rings. The van der Waals surface area contributed by atoms with E-state index in [1.165, 1.54) is 0 Å². The Kier molecular flexibility index (Phi) is 8.48. The lowest BCUT2D eigenvalue weighted by molar-refractivity contribution is -0.0515. The lowest BCUT2D eigenvalue weighted by atomic mass is 9.90. The first-order chi connectivity index (χ1) is 20.5. The summed E-state index contributed by atoms with van der Waals surface area (Å²) >= 11 is 3.66. The molecule has 13 heteroatoms. The number of carboxylic acid groups (broad SMARTS) is 2. The first kappa shape index (κ1) is 30.5. The molecule has 0 radical (unpaired) electrons. The smallest absolute Gasteiger partial charge is 0.427 e. The van der Waals surface area contributed by atoms with Crippen LogP contribution in [0.1, 0.15) is 69.6 Å². The molecule has 0 aliphatic carbocycles. The SMILES string of the molecule is CCn1c(-c2cccnc2[C@H](C)OC)c(CC(C)(C)n2cc(C3CCCN(C(=O)O)N3C(=O)O)nn2)c2cc(Br)ccc21. The summed E-state index contributed by atoms with van der Waals surface area (Å²) in [5.74, 6) is 0. The number of hydrazine groups is 1. The van der Waals surface area contributed by atoms with Crippen molar-refractivity contribution in [1.29, 1.82) is 0 Å². The van der Waals surface area contributed by atoms with Gasteiger partial charge in [0.25, 0.3) is 0 Å². The molecule has 0 bridgehead atoms. The number of carbonyl (C=O) groups is 2. The van der Waals surface area contributed by atoms with E-state index >= 15 is 0 Å². The number of pyridine rings is 1. The maximum absolute atomic E-state index is 12.1. The van der Waals surface area contributed by atoms with E-state index in [0.717, 1.165) is 54.5 Å². The largest absolute Gasteiger partial charge is 0.464 e. The van der Waals surface area contributed by atoms with Gasteiger partial charge < -0.3 is 19.5 Å². The molecule has 1 aliphatic rings. The summed E-state index contributed by atoms with van der Waals surface area (Å²) in [4.78, 5) is 28.6. The Balaban J connectivity index is 1.61. The van der Waals surface area contributed by atoms with Gasteiger partial charge in [-0.3, -0.25) is 4.98 Å². The summed E-state index contributed by atoms with van der Waals surface area (Å²) in [6, 6.07) is 9.55. The number of methoxy groups -OCH3 is 1. The highest BCUT2D eigenvalue weighted by atomic mass is 79.9. The van der Waals surface area contributed by atoms with Crippen LogP contribution in [0.25, 0.3) is 22.2 Å². The van der Waals surface area contributed by atoms with E-state index in [2.05, 4.69) is 69.8 Å². The molecule has 228 valence electrons. The van der Waals surface area contributed by atoms with Crippen LogP contribution in [0, 0.1) is 0 Å². The molecule has 1 aliphatic heterocycles. The second-order valence-corrected chi connectivity index (χ2v) is 12.2. The second-order valence-electron chi connectivity index (χ2n) is 11.3. The van der Waals surface area contributed by atoms with Crippen molar-refractivity contribution in [2.45, 2.75) is 71.2 Å². The number of halogens is 1. The highest BCUT2D eigenvalue weighted by molar-refractivity contribution is 9.10. The Hall–Kier alpha value is -3.97. The average Bonchev–Trinajstić information content (AvgIpc) is 3.60. The highest BCUT2D eigenvalue weighted by Crippen LogP contribution is 2.41. The zero-order chi connectivity index (χ0) is 31.1. The van der Waals surface area contributed by atoms with Crippen LogP contribution in [0.4, 0.5) is 9.59 Å². The molecular formula is C30H36BrN7O5. The van der Waals surface area contributed by atoms with Crippen molar-refractivity contribution in [2.75, 3.05) is 13.7 Å². The molecule has 1 unspecified atom stereocenters.